The summed E-state index contributed by atoms with van der Waals surface area (Å²) in [6.07, 6.45) is 0.775. The van der Waals surface area contributed by atoms with E-state index in [1.807, 2.05) is 6.07 Å². The molecule has 0 spiro atoms. The van der Waals surface area contributed by atoms with Crippen molar-refractivity contribution < 1.29 is 9.90 Å². The average molecular weight is 204 g/mol. The third-order valence-electron chi connectivity index (χ3n) is 2.34. The molecule has 0 aliphatic carbocycles. The number of carboxylic acid groups (broad SMARTS) is 1. The molecule has 0 radical (unpaired) electrons. The quantitative estimate of drug-likeness (QED) is 0.706. The van der Waals surface area contributed by atoms with Crippen molar-refractivity contribution in [2.75, 3.05) is 6.54 Å². The molecular formula is C11H12N2O2. The highest BCUT2D eigenvalue weighted by Crippen LogP contribution is 2.17. The van der Waals surface area contributed by atoms with Gasteiger partial charge in [-0.05, 0) is 37.2 Å². The number of benzene rings is 1. The lowest BCUT2D eigenvalue weighted by Gasteiger charge is -1.93. The van der Waals surface area contributed by atoms with Crippen molar-refractivity contribution in [1.82, 2.24) is 4.98 Å². The van der Waals surface area contributed by atoms with E-state index >= 15 is 0 Å². The molecule has 0 saturated carbocycles. The number of fused-ring (bicyclic) bond motifs is 1. The average Bonchev–Trinajstić information content (AvgIpc) is 2.59. The highest BCUT2D eigenvalue weighted by molar-refractivity contribution is 5.93. The molecule has 1 aromatic heterocycles. The number of aromatic nitrogens is 1. The van der Waals surface area contributed by atoms with Crippen LogP contribution in [0.25, 0.3) is 10.9 Å². The Morgan fingerprint density at radius 2 is 2.20 bits per heavy atom. The zero-order valence-electron chi connectivity index (χ0n) is 8.16. The van der Waals surface area contributed by atoms with Crippen LogP contribution < -0.4 is 5.73 Å². The molecule has 2 aromatic rings. The number of aromatic amines is 1. The van der Waals surface area contributed by atoms with E-state index in [9.17, 15) is 4.79 Å². The van der Waals surface area contributed by atoms with Gasteiger partial charge in [0.25, 0.3) is 0 Å². The number of rotatable bonds is 3. The number of carboxylic acids is 1. The standard InChI is InChI=1S/C11H12N2O2/c12-4-3-9-6-8-5-7(11(14)15)1-2-10(8)13-9/h1-2,5-6,13H,3-4,12H2,(H,14,15). The van der Waals surface area contributed by atoms with Crippen LogP contribution in [0.15, 0.2) is 24.3 Å². The Kier molecular flexibility index (Phi) is 2.43. The van der Waals surface area contributed by atoms with Gasteiger partial charge in [0, 0.05) is 16.6 Å². The van der Waals surface area contributed by atoms with Crippen molar-refractivity contribution in [2.45, 2.75) is 6.42 Å². The van der Waals surface area contributed by atoms with Gasteiger partial charge in [0.15, 0.2) is 0 Å². The van der Waals surface area contributed by atoms with Gasteiger partial charge in [-0.15, -0.1) is 0 Å². The number of hydrogen-bond acceptors (Lipinski definition) is 2. The molecule has 0 aliphatic rings. The van der Waals surface area contributed by atoms with Gasteiger partial charge < -0.3 is 15.8 Å². The Hall–Kier alpha value is -1.81. The van der Waals surface area contributed by atoms with Crippen LogP contribution in [0.2, 0.25) is 0 Å². The maximum absolute atomic E-state index is 10.7. The van der Waals surface area contributed by atoms with Crippen molar-refractivity contribution in [3.8, 4) is 0 Å². The second-order valence-electron chi connectivity index (χ2n) is 3.44. The first-order valence-electron chi connectivity index (χ1n) is 4.75. The predicted molar refractivity (Wildman–Crippen MR) is 58.0 cm³/mol. The minimum absolute atomic E-state index is 0.306. The van der Waals surface area contributed by atoms with Gasteiger partial charge in [-0.3, -0.25) is 0 Å². The minimum atomic E-state index is -0.904. The normalized spacial score (nSPS) is 10.7. The molecule has 0 bridgehead atoms. The first kappa shape index (κ1) is 9.73. The first-order chi connectivity index (χ1) is 7.20. The summed E-state index contributed by atoms with van der Waals surface area (Å²) < 4.78 is 0. The summed E-state index contributed by atoms with van der Waals surface area (Å²) in [5.41, 5.74) is 7.74. The van der Waals surface area contributed by atoms with Gasteiger partial charge in [0.05, 0.1) is 5.56 Å². The molecule has 1 heterocycles. The lowest BCUT2D eigenvalue weighted by Crippen LogP contribution is -2.02. The van der Waals surface area contributed by atoms with Crippen molar-refractivity contribution in [2.24, 2.45) is 5.73 Å². The van der Waals surface area contributed by atoms with Crippen molar-refractivity contribution in [3.63, 3.8) is 0 Å². The summed E-state index contributed by atoms with van der Waals surface area (Å²) in [6, 6.07) is 6.97. The molecule has 0 fully saturated rings. The zero-order chi connectivity index (χ0) is 10.8. The molecule has 4 heteroatoms. The van der Waals surface area contributed by atoms with Crippen LogP contribution in [0.4, 0.5) is 0 Å². The van der Waals surface area contributed by atoms with Crippen LogP contribution in [0.3, 0.4) is 0 Å². The molecule has 78 valence electrons. The maximum Gasteiger partial charge on any atom is 0.335 e. The van der Waals surface area contributed by atoms with E-state index < -0.39 is 5.97 Å². The molecular weight excluding hydrogens is 192 g/mol. The van der Waals surface area contributed by atoms with E-state index in [4.69, 9.17) is 10.8 Å². The van der Waals surface area contributed by atoms with E-state index in [0.29, 0.717) is 12.1 Å². The van der Waals surface area contributed by atoms with Gasteiger partial charge in [-0.2, -0.15) is 0 Å². The van der Waals surface area contributed by atoms with E-state index in [2.05, 4.69) is 4.98 Å². The van der Waals surface area contributed by atoms with Crippen LogP contribution in [-0.4, -0.2) is 22.6 Å². The Bertz CT molecular complexity index is 502. The lowest BCUT2D eigenvalue weighted by molar-refractivity contribution is 0.0697. The lowest BCUT2D eigenvalue weighted by atomic mass is 10.1. The second kappa shape index (κ2) is 3.74. The summed E-state index contributed by atoms with van der Waals surface area (Å²) in [5, 5.41) is 9.74. The molecule has 4 nitrogen and oxygen atoms in total. The summed E-state index contributed by atoms with van der Waals surface area (Å²) in [4.78, 5) is 13.9. The number of nitrogens with two attached hydrogens (primary N) is 1. The van der Waals surface area contributed by atoms with Gasteiger partial charge in [0.1, 0.15) is 0 Å². The number of H-pyrrole nitrogens is 1. The molecule has 15 heavy (non-hydrogen) atoms. The van der Waals surface area contributed by atoms with Gasteiger partial charge in [0.2, 0.25) is 0 Å². The maximum atomic E-state index is 10.7. The third kappa shape index (κ3) is 1.85. The highest BCUT2D eigenvalue weighted by atomic mass is 16.4. The Balaban J connectivity index is 2.47. The third-order valence-corrected chi connectivity index (χ3v) is 2.34. The SMILES string of the molecule is NCCc1cc2cc(C(=O)O)ccc2[nH]1. The summed E-state index contributed by atoms with van der Waals surface area (Å²) in [5.74, 6) is -0.904. The fourth-order valence-electron chi connectivity index (χ4n) is 1.62. The number of hydrogen-bond donors (Lipinski definition) is 3. The van der Waals surface area contributed by atoms with E-state index in [0.717, 1.165) is 23.0 Å². The zero-order valence-corrected chi connectivity index (χ0v) is 8.16. The molecule has 1 aromatic carbocycles. The van der Waals surface area contributed by atoms with E-state index in [1.54, 1.807) is 18.2 Å². The molecule has 0 atom stereocenters. The van der Waals surface area contributed by atoms with Crippen LogP contribution in [0.5, 0.6) is 0 Å². The Morgan fingerprint density at radius 3 is 2.87 bits per heavy atom. The number of carbonyl (C=O) groups is 1. The van der Waals surface area contributed by atoms with Crippen LogP contribution >= 0.6 is 0 Å². The van der Waals surface area contributed by atoms with Crippen molar-refractivity contribution in [3.05, 3.63) is 35.5 Å². The second-order valence-corrected chi connectivity index (χ2v) is 3.44. The van der Waals surface area contributed by atoms with Crippen molar-refractivity contribution >= 4 is 16.9 Å². The molecule has 0 aliphatic heterocycles. The molecule has 4 N–H and O–H groups in total. The smallest absolute Gasteiger partial charge is 0.335 e. The van der Waals surface area contributed by atoms with Crippen LogP contribution in [-0.2, 0) is 6.42 Å². The molecule has 2 rings (SSSR count). The van der Waals surface area contributed by atoms with Gasteiger partial charge >= 0.3 is 5.97 Å². The first-order valence-corrected chi connectivity index (χ1v) is 4.75. The number of nitrogens with one attached hydrogen (secondary N) is 1. The highest BCUT2D eigenvalue weighted by Gasteiger charge is 2.05. The fourth-order valence-corrected chi connectivity index (χ4v) is 1.62. The Morgan fingerprint density at radius 1 is 1.40 bits per heavy atom. The van der Waals surface area contributed by atoms with E-state index in [1.165, 1.54) is 0 Å². The van der Waals surface area contributed by atoms with Crippen molar-refractivity contribution in [1.29, 1.82) is 0 Å². The molecule has 0 saturated heterocycles. The summed E-state index contributed by atoms with van der Waals surface area (Å²) in [6.45, 7) is 0.582. The predicted octanol–water partition coefficient (Wildman–Crippen LogP) is 1.37. The number of aromatic carboxylic acids is 1. The molecule has 0 unspecified atom stereocenters. The monoisotopic (exact) mass is 204 g/mol. The minimum Gasteiger partial charge on any atom is -0.478 e. The summed E-state index contributed by atoms with van der Waals surface area (Å²) in [7, 11) is 0. The van der Waals surface area contributed by atoms with Gasteiger partial charge in [-0.1, -0.05) is 0 Å². The van der Waals surface area contributed by atoms with E-state index in [-0.39, 0.29) is 0 Å². The summed E-state index contributed by atoms with van der Waals surface area (Å²) >= 11 is 0. The fraction of sp³-hybridized carbons (Fsp3) is 0.182. The molecule has 0 amide bonds. The topological polar surface area (TPSA) is 79.1 Å². The van der Waals surface area contributed by atoms with Crippen LogP contribution in [0, 0.1) is 0 Å². The Labute approximate surface area is 86.7 Å². The largest absolute Gasteiger partial charge is 0.478 e. The van der Waals surface area contributed by atoms with Gasteiger partial charge in [-0.25, -0.2) is 4.79 Å². The van der Waals surface area contributed by atoms with Crippen LogP contribution in [0.1, 0.15) is 16.1 Å².